The van der Waals surface area contributed by atoms with Crippen LogP contribution in [0, 0.1) is 0 Å². The molecule has 0 bridgehead atoms. The Morgan fingerprint density at radius 3 is 2.09 bits per heavy atom. The molecule has 0 spiro atoms. The van der Waals surface area contributed by atoms with Crippen LogP contribution in [0.25, 0.3) is 22.4 Å². The second-order valence-electron chi connectivity index (χ2n) is 5.00. The summed E-state index contributed by atoms with van der Waals surface area (Å²) in [5.41, 5.74) is 1.02. The SMILES string of the molecule is FC(F)(F)c1cc(-c2cccc(Cl)c2)cc(-c2ccccc2)n1. The number of pyridine rings is 1. The Hall–Kier alpha value is -2.33. The summed E-state index contributed by atoms with van der Waals surface area (Å²) < 4.78 is 39.5. The zero-order valence-corrected chi connectivity index (χ0v) is 12.6. The highest BCUT2D eigenvalue weighted by Crippen LogP contribution is 2.34. The molecular weight excluding hydrogens is 323 g/mol. The quantitative estimate of drug-likeness (QED) is 0.553. The smallest absolute Gasteiger partial charge is 0.243 e. The molecule has 0 aliphatic carbocycles. The van der Waals surface area contributed by atoms with Crippen molar-refractivity contribution < 1.29 is 13.2 Å². The van der Waals surface area contributed by atoms with Gasteiger partial charge in [0.1, 0.15) is 5.69 Å². The van der Waals surface area contributed by atoms with Gasteiger partial charge in [-0.25, -0.2) is 4.98 Å². The first kappa shape index (κ1) is 15.6. The minimum atomic E-state index is -4.52. The number of benzene rings is 2. The third-order valence-electron chi connectivity index (χ3n) is 3.34. The molecule has 1 aromatic heterocycles. The normalized spacial score (nSPS) is 11.5. The number of aromatic nitrogens is 1. The summed E-state index contributed by atoms with van der Waals surface area (Å²) in [5.74, 6) is 0. The van der Waals surface area contributed by atoms with Gasteiger partial charge < -0.3 is 0 Å². The largest absolute Gasteiger partial charge is 0.433 e. The molecule has 0 saturated heterocycles. The maximum absolute atomic E-state index is 13.2. The molecule has 0 fully saturated rings. The first-order valence-electron chi connectivity index (χ1n) is 6.84. The minimum absolute atomic E-state index is 0.274. The molecule has 0 saturated carbocycles. The van der Waals surface area contributed by atoms with E-state index in [1.54, 1.807) is 60.7 Å². The fourth-order valence-corrected chi connectivity index (χ4v) is 2.46. The molecule has 0 amide bonds. The van der Waals surface area contributed by atoms with Crippen molar-refractivity contribution in [2.24, 2.45) is 0 Å². The Labute approximate surface area is 136 Å². The van der Waals surface area contributed by atoms with E-state index >= 15 is 0 Å². The Bertz CT molecular complexity index is 829. The van der Waals surface area contributed by atoms with E-state index in [4.69, 9.17) is 11.6 Å². The average Bonchev–Trinajstić information content (AvgIpc) is 2.54. The zero-order chi connectivity index (χ0) is 16.4. The van der Waals surface area contributed by atoms with E-state index in [2.05, 4.69) is 4.98 Å². The van der Waals surface area contributed by atoms with Crippen molar-refractivity contribution in [2.45, 2.75) is 6.18 Å². The molecule has 3 aromatic rings. The van der Waals surface area contributed by atoms with Crippen molar-refractivity contribution in [1.29, 1.82) is 0 Å². The lowest BCUT2D eigenvalue weighted by molar-refractivity contribution is -0.141. The maximum atomic E-state index is 13.2. The summed E-state index contributed by atoms with van der Waals surface area (Å²) in [5, 5.41) is 0.467. The van der Waals surface area contributed by atoms with Gasteiger partial charge in [0.2, 0.25) is 0 Å². The van der Waals surface area contributed by atoms with Gasteiger partial charge >= 0.3 is 6.18 Å². The molecule has 3 rings (SSSR count). The first-order valence-corrected chi connectivity index (χ1v) is 7.22. The number of rotatable bonds is 2. The topological polar surface area (TPSA) is 12.9 Å². The number of hydrogen-bond donors (Lipinski definition) is 0. The van der Waals surface area contributed by atoms with Crippen molar-refractivity contribution in [3.05, 3.63) is 77.4 Å². The van der Waals surface area contributed by atoms with Crippen LogP contribution in [0.15, 0.2) is 66.7 Å². The Morgan fingerprint density at radius 2 is 1.43 bits per heavy atom. The van der Waals surface area contributed by atoms with E-state index in [-0.39, 0.29) is 5.69 Å². The molecule has 0 N–H and O–H groups in total. The van der Waals surface area contributed by atoms with Gasteiger partial charge in [0.15, 0.2) is 0 Å². The summed E-state index contributed by atoms with van der Waals surface area (Å²) in [6.45, 7) is 0. The monoisotopic (exact) mass is 333 g/mol. The van der Waals surface area contributed by atoms with Crippen LogP contribution in [0.5, 0.6) is 0 Å². The lowest BCUT2D eigenvalue weighted by atomic mass is 10.0. The van der Waals surface area contributed by atoms with Crippen LogP contribution in [0.3, 0.4) is 0 Å². The van der Waals surface area contributed by atoms with Crippen LogP contribution in [0.2, 0.25) is 5.02 Å². The van der Waals surface area contributed by atoms with Crippen LogP contribution in [0.1, 0.15) is 5.69 Å². The molecular formula is C18H11ClF3N. The summed E-state index contributed by atoms with van der Waals surface area (Å²) >= 11 is 5.94. The van der Waals surface area contributed by atoms with E-state index < -0.39 is 11.9 Å². The van der Waals surface area contributed by atoms with Crippen LogP contribution in [-0.2, 0) is 6.18 Å². The molecule has 0 aliphatic heterocycles. The molecule has 5 heteroatoms. The molecule has 0 radical (unpaired) electrons. The molecule has 0 atom stereocenters. The highest BCUT2D eigenvalue weighted by molar-refractivity contribution is 6.30. The minimum Gasteiger partial charge on any atom is -0.243 e. The zero-order valence-electron chi connectivity index (χ0n) is 11.8. The predicted octanol–water partition coefficient (Wildman–Crippen LogP) is 6.09. The van der Waals surface area contributed by atoms with Gasteiger partial charge in [-0.1, -0.05) is 54.1 Å². The van der Waals surface area contributed by atoms with Gasteiger partial charge in [-0.05, 0) is 35.4 Å². The van der Waals surface area contributed by atoms with E-state index in [1.165, 1.54) is 0 Å². The number of hydrogen-bond acceptors (Lipinski definition) is 1. The standard InChI is InChI=1S/C18H11ClF3N/c19-15-8-4-7-13(9-15)14-10-16(12-5-2-1-3-6-12)23-17(11-14)18(20,21)22/h1-11H. The van der Waals surface area contributed by atoms with Crippen LogP contribution in [-0.4, -0.2) is 4.98 Å². The second kappa shape index (κ2) is 6.05. The Morgan fingerprint density at radius 1 is 0.739 bits per heavy atom. The molecule has 2 aromatic carbocycles. The Balaban J connectivity index is 2.20. The van der Waals surface area contributed by atoms with Crippen molar-refractivity contribution in [1.82, 2.24) is 4.98 Å². The van der Waals surface area contributed by atoms with Gasteiger partial charge in [-0.3, -0.25) is 0 Å². The first-order chi connectivity index (χ1) is 10.9. The number of alkyl halides is 3. The fraction of sp³-hybridized carbons (Fsp3) is 0.0556. The van der Waals surface area contributed by atoms with Crippen molar-refractivity contribution >= 4 is 11.6 Å². The van der Waals surface area contributed by atoms with E-state index in [0.717, 1.165) is 6.07 Å². The molecule has 1 heterocycles. The summed E-state index contributed by atoms with van der Waals surface area (Å²) in [6.07, 6.45) is -4.52. The summed E-state index contributed by atoms with van der Waals surface area (Å²) in [4.78, 5) is 3.76. The molecule has 0 unspecified atom stereocenters. The van der Waals surface area contributed by atoms with Crippen LogP contribution >= 0.6 is 11.6 Å². The van der Waals surface area contributed by atoms with Gasteiger partial charge in [-0.2, -0.15) is 13.2 Å². The maximum Gasteiger partial charge on any atom is 0.433 e. The van der Waals surface area contributed by atoms with E-state index in [0.29, 0.717) is 21.7 Å². The van der Waals surface area contributed by atoms with E-state index in [1.807, 2.05) is 0 Å². The summed E-state index contributed by atoms with van der Waals surface area (Å²) in [6, 6.07) is 18.2. The number of nitrogens with zero attached hydrogens (tertiary/aromatic N) is 1. The van der Waals surface area contributed by atoms with Crippen molar-refractivity contribution in [3.63, 3.8) is 0 Å². The number of halogens is 4. The Kier molecular flexibility index (Phi) is 4.09. The molecule has 23 heavy (non-hydrogen) atoms. The van der Waals surface area contributed by atoms with Crippen LogP contribution in [0.4, 0.5) is 13.2 Å². The highest BCUT2D eigenvalue weighted by atomic mass is 35.5. The van der Waals surface area contributed by atoms with Gasteiger partial charge in [0.05, 0.1) is 5.69 Å². The summed E-state index contributed by atoms with van der Waals surface area (Å²) in [7, 11) is 0. The molecule has 0 aliphatic rings. The molecule has 1 nitrogen and oxygen atoms in total. The average molecular weight is 334 g/mol. The molecule has 116 valence electrons. The lowest BCUT2D eigenvalue weighted by Gasteiger charge is -2.12. The van der Waals surface area contributed by atoms with Gasteiger partial charge in [0.25, 0.3) is 0 Å². The predicted molar refractivity (Wildman–Crippen MR) is 85.1 cm³/mol. The third kappa shape index (κ3) is 3.54. The lowest BCUT2D eigenvalue weighted by Crippen LogP contribution is -2.09. The van der Waals surface area contributed by atoms with Crippen molar-refractivity contribution in [3.8, 4) is 22.4 Å². The van der Waals surface area contributed by atoms with Crippen LogP contribution < -0.4 is 0 Å². The fourth-order valence-electron chi connectivity index (χ4n) is 2.27. The van der Waals surface area contributed by atoms with Crippen molar-refractivity contribution in [2.75, 3.05) is 0 Å². The highest BCUT2D eigenvalue weighted by Gasteiger charge is 2.33. The second-order valence-corrected chi connectivity index (χ2v) is 5.44. The van der Waals surface area contributed by atoms with Gasteiger partial charge in [-0.15, -0.1) is 0 Å². The van der Waals surface area contributed by atoms with Gasteiger partial charge in [0, 0.05) is 10.6 Å². The third-order valence-corrected chi connectivity index (χ3v) is 3.58. The van der Waals surface area contributed by atoms with E-state index in [9.17, 15) is 13.2 Å².